The second kappa shape index (κ2) is 8.59. The van der Waals surface area contributed by atoms with Gasteiger partial charge in [-0.15, -0.1) is 0 Å². The van der Waals surface area contributed by atoms with Crippen molar-refractivity contribution in [2.45, 2.75) is 40.2 Å². The number of benzene rings is 1. The normalized spacial score (nSPS) is 10.4. The Morgan fingerprint density at radius 3 is 2.65 bits per heavy atom. The van der Waals surface area contributed by atoms with E-state index in [0.29, 0.717) is 19.6 Å². The predicted molar refractivity (Wildman–Crippen MR) is 81.7 cm³/mol. The number of urea groups is 1. The average Bonchev–Trinajstić information content (AvgIpc) is 2.42. The SMILES string of the molecule is CCCCN(CCO)C(=O)NCc1ccc(C)cc1C. The van der Waals surface area contributed by atoms with Crippen molar-refractivity contribution in [1.82, 2.24) is 10.2 Å². The van der Waals surface area contributed by atoms with Crippen LogP contribution in [0.1, 0.15) is 36.5 Å². The number of amides is 2. The fourth-order valence-electron chi connectivity index (χ4n) is 2.11. The summed E-state index contributed by atoms with van der Waals surface area (Å²) in [6.07, 6.45) is 1.99. The highest BCUT2D eigenvalue weighted by molar-refractivity contribution is 5.74. The van der Waals surface area contributed by atoms with Gasteiger partial charge in [-0.05, 0) is 31.4 Å². The molecule has 0 aliphatic heterocycles. The van der Waals surface area contributed by atoms with Gasteiger partial charge in [0.2, 0.25) is 0 Å². The van der Waals surface area contributed by atoms with E-state index in [2.05, 4.69) is 38.2 Å². The topological polar surface area (TPSA) is 52.6 Å². The first-order valence-corrected chi connectivity index (χ1v) is 7.28. The smallest absolute Gasteiger partial charge is 0.317 e. The highest BCUT2D eigenvalue weighted by Crippen LogP contribution is 2.10. The van der Waals surface area contributed by atoms with Crippen LogP contribution in [0.3, 0.4) is 0 Å². The van der Waals surface area contributed by atoms with Gasteiger partial charge < -0.3 is 15.3 Å². The third-order valence-corrected chi connectivity index (χ3v) is 3.37. The third kappa shape index (κ3) is 5.21. The van der Waals surface area contributed by atoms with Crippen LogP contribution in [-0.4, -0.2) is 35.7 Å². The van der Waals surface area contributed by atoms with Gasteiger partial charge in [0.1, 0.15) is 0 Å². The fourth-order valence-corrected chi connectivity index (χ4v) is 2.11. The van der Waals surface area contributed by atoms with E-state index in [9.17, 15) is 4.79 Å². The summed E-state index contributed by atoms with van der Waals surface area (Å²) in [5.74, 6) is 0. The molecule has 0 unspecified atom stereocenters. The van der Waals surface area contributed by atoms with E-state index >= 15 is 0 Å². The van der Waals surface area contributed by atoms with Crippen LogP contribution in [0.4, 0.5) is 4.79 Å². The summed E-state index contributed by atoms with van der Waals surface area (Å²) in [4.78, 5) is 13.8. The lowest BCUT2D eigenvalue weighted by Gasteiger charge is -2.22. The first-order valence-electron chi connectivity index (χ1n) is 7.28. The second-order valence-corrected chi connectivity index (χ2v) is 5.15. The number of hydrogen-bond acceptors (Lipinski definition) is 2. The summed E-state index contributed by atoms with van der Waals surface area (Å²) in [7, 11) is 0. The number of aliphatic hydroxyl groups is 1. The number of hydrogen-bond donors (Lipinski definition) is 2. The molecule has 0 atom stereocenters. The Balaban J connectivity index is 2.55. The summed E-state index contributed by atoms with van der Waals surface area (Å²) < 4.78 is 0. The van der Waals surface area contributed by atoms with E-state index in [1.165, 1.54) is 11.1 Å². The lowest BCUT2D eigenvalue weighted by atomic mass is 10.1. The quantitative estimate of drug-likeness (QED) is 0.805. The minimum absolute atomic E-state index is 0.000688. The molecule has 4 nitrogen and oxygen atoms in total. The Hall–Kier alpha value is -1.55. The van der Waals surface area contributed by atoms with E-state index < -0.39 is 0 Å². The summed E-state index contributed by atoms with van der Waals surface area (Å²) in [6.45, 7) is 7.80. The zero-order valence-corrected chi connectivity index (χ0v) is 12.8. The Morgan fingerprint density at radius 1 is 1.30 bits per heavy atom. The zero-order valence-electron chi connectivity index (χ0n) is 12.8. The van der Waals surface area contributed by atoms with Crippen molar-refractivity contribution in [3.8, 4) is 0 Å². The molecule has 112 valence electrons. The van der Waals surface area contributed by atoms with Crippen LogP contribution in [0.2, 0.25) is 0 Å². The molecule has 1 aromatic rings. The molecule has 2 N–H and O–H groups in total. The summed E-state index contributed by atoms with van der Waals surface area (Å²) in [5.41, 5.74) is 3.54. The minimum atomic E-state index is -0.104. The number of nitrogens with zero attached hydrogens (tertiary/aromatic N) is 1. The number of carbonyl (C=O) groups excluding carboxylic acids is 1. The van der Waals surface area contributed by atoms with Crippen LogP contribution in [-0.2, 0) is 6.54 Å². The van der Waals surface area contributed by atoms with Crippen LogP contribution < -0.4 is 5.32 Å². The van der Waals surface area contributed by atoms with Gasteiger partial charge in [0, 0.05) is 19.6 Å². The summed E-state index contributed by atoms with van der Waals surface area (Å²) >= 11 is 0. The first kappa shape index (κ1) is 16.5. The Bertz CT molecular complexity index is 432. The zero-order chi connectivity index (χ0) is 15.0. The van der Waals surface area contributed by atoms with Crippen LogP contribution >= 0.6 is 0 Å². The number of aryl methyl sites for hydroxylation is 2. The van der Waals surface area contributed by atoms with Gasteiger partial charge in [0.15, 0.2) is 0 Å². The Morgan fingerprint density at radius 2 is 2.05 bits per heavy atom. The minimum Gasteiger partial charge on any atom is -0.395 e. The molecule has 1 aromatic carbocycles. The maximum atomic E-state index is 12.1. The molecular formula is C16H26N2O2. The lowest BCUT2D eigenvalue weighted by Crippen LogP contribution is -2.41. The number of carbonyl (C=O) groups is 1. The van der Waals surface area contributed by atoms with Gasteiger partial charge in [-0.2, -0.15) is 0 Å². The molecule has 20 heavy (non-hydrogen) atoms. The summed E-state index contributed by atoms with van der Waals surface area (Å²) in [6, 6.07) is 6.11. The fraction of sp³-hybridized carbons (Fsp3) is 0.562. The molecule has 0 aromatic heterocycles. The van der Waals surface area contributed by atoms with Crippen LogP contribution in [0, 0.1) is 13.8 Å². The van der Waals surface area contributed by atoms with E-state index in [1.807, 2.05) is 6.07 Å². The number of aliphatic hydroxyl groups excluding tert-OH is 1. The van der Waals surface area contributed by atoms with Gasteiger partial charge in [-0.25, -0.2) is 4.79 Å². The monoisotopic (exact) mass is 278 g/mol. The molecule has 0 saturated carbocycles. The molecule has 4 heteroatoms. The van der Waals surface area contributed by atoms with Crippen LogP contribution in [0.15, 0.2) is 18.2 Å². The molecule has 0 heterocycles. The third-order valence-electron chi connectivity index (χ3n) is 3.37. The molecule has 0 radical (unpaired) electrons. The molecule has 0 aliphatic rings. The van der Waals surface area contributed by atoms with E-state index in [1.54, 1.807) is 4.90 Å². The molecule has 0 saturated heterocycles. The van der Waals surface area contributed by atoms with Crippen molar-refractivity contribution < 1.29 is 9.90 Å². The van der Waals surface area contributed by atoms with Crippen molar-refractivity contribution in [2.24, 2.45) is 0 Å². The maximum absolute atomic E-state index is 12.1. The van der Waals surface area contributed by atoms with Crippen molar-refractivity contribution in [2.75, 3.05) is 19.7 Å². The van der Waals surface area contributed by atoms with Gasteiger partial charge in [0.25, 0.3) is 0 Å². The molecule has 0 aliphatic carbocycles. The van der Waals surface area contributed by atoms with Crippen molar-refractivity contribution >= 4 is 6.03 Å². The summed E-state index contributed by atoms with van der Waals surface area (Å²) in [5, 5.41) is 12.0. The standard InChI is InChI=1S/C16H26N2O2/c1-4-5-8-18(9-10-19)16(20)17-12-15-7-6-13(2)11-14(15)3/h6-7,11,19H,4-5,8-10,12H2,1-3H3,(H,17,20). The highest BCUT2D eigenvalue weighted by atomic mass is 16.3. The largest absolute Gasteiger partial charge is 0.395 e. The van der Waals surface area contributed by atoms with Gasteiger partial charge in [-0.3, -0.25) is 0 Å². The van der Waals surface area contributed by atoms with Gasteiger partial charge in [-0.1, -0.05) is 37.1 Å². The predicted octanol–water partition coefficient (Wildman–Crippen LogP) is 2.61. The number of rotatable bonds is 7. The lowest BCUT2D eigenvalue weighted by molar-refractivity contribution is 0.176. The first-order chi connectivity index (χ1) is 9.58. The highest BCUT2D eigenvalue weighted by Gasteiger charge is 2.12. The number of unbranched alkanes of at least 4 members (excludes halogenated alkanes) is 1. The van der Waals surface area contributed by atoms with Crippen LogP contribution in [0.5, 0.6) is 0 Å². The van der Waals surface area contributed by atoms with E-state index in [-0.39, 0.29) is 12.6 Å². The average molecular weight is 278 g/mol. The number of nitrogens with one attached hydrogen (secondary N) is 1. The van der Waals surface area contributed by atoms with Crippen molar-refractivity contribution in [3.05, 3.63) is 34.9 Å². The van der Waals surface area contributed by atoms with Crippen molar-refractivity contribution in [1.29, 1.82) is 0 Å². The van der Waals surface area contributed by atoms with Gasteiger partial charge in [0.05, 0.1) is 6.61 Å². The molecular weight excluding hydrogens is 252 g/mol. The molecule has 0 spiro atoms. The second-order valence-electron chi connectivity index (χ2n) is 5.15. The maximum Gasteiger partial charge on any atom is 0.317 e. The van der Waals surface area contributed by atoms with E-state index in [4.69, 9.17) is 5.11 Å². The Labute approximate surface area is 121 Å². The van der Waals surface area contributed by atoms with Gasteiger partial charge >= 0.3 is 6.03 Å². The molecule has 1 rings (SSSR count). The van der Waals surface area contributed by atoms with Crippen molar-refractivity contribution in [3.63, 3.8) is 0 Å². The Kier molecular flexibility index (Phi) is 7.09. The van der Waals surface area contributed by atoms with E-state index in [0.717, 1.165) is 18.4 Å². The molecule has 0 bridgehead atoms. The molecule has 2 amide bonds. The van der Waals surface area contributed by atoms with Crippen LogP contribution in [0.25, 0.3) is 0 Å². The molecule has 0 fully saturated rings.